The van der Waals surface area contributed by atoms with Crippen LogP contribution in [0.3, 0.4) is 0 Å². The third kappa shape index (κ3) is 6.28. The quantitative estimate of drug-likeness (QED) is 0.807. The summed E-state index contributed by atoms with van der Waals surface area (Å²) in [6, 6.07) is 1.16. The van der Waals surface area contributed by atoms with Crippen molar-refractivity contribution < 1.29 is 17.4 Å². The van der Waals surface area contributed by atoms with Crippen molar-refractivity contribution in [3.05, 3.63) is 11.9 Å². The fourth-order valence-electron chi connectivity index (χ4n) is 1.64. The Kier molecular flexibility index (Phi) is 6.38. The van der Waals surface area contributed by atoms with E-state index in [-0.39, 0.29) is 17.7 Å². The fraction of sp³-hybridized carbons (Fsp3) is 0.667. The average molecular weight is 324 g/mol. The lowest BCUT2D eigenvalue weighted by Crippen LogP contribution is -2.24. The van der Waals surface area contributed by atoms with Crippen LogP contribution in [-0.2, 0) is 17.0 Å². The van der Waals surface area contributed by atoms with Crippen LogP contribution < -0.4 is 10.6 Å². The van der Waals surface area contributed by atoms with E-state index in [1.807, 2.05) is 6.92 Å². The van der Waals surface area contributed by atoms with Crippen LogP contribution in [0.15, 0.2) is 6.07 Å². The highest BCUT2D eigenvalue weighted by Gasteiger charge is 2.35. The second-order valence-electron chi connectivity index (χ2n) is 4.67. The average Bonchev–Trinajstić information content (AvgIpc) is 2.33. The molecule has 2 atom stereocenters. The molecule has 0 aromatic carbocycles. The molecule has 0 radical (unpaired) electrons. The summed E-state index contributed by atoms with van der Waals surface area (Å²) in [5.41, 5.74) is 0. The lowest BCUT2D eigenvalue weighted by Gasteiger charge is -2.16. The Morgan fingerprint density at radius 1 is 1.33 bits per heavy atom. The normalized spacial score (nSPS) is 14.6. The number of hydrogen-bond acceptors (Lipinski definition) is 5. The van der Waals surface area contributed by atoms with Gasteiger partial charge in [0, 0.05) is 41.5 Å². The summed E-state index contributed by atoms with van der Waals surface area (Å²) >= 11 is 0. The van der Waals surface area contributed by atoms with Crippen molar-refractivity contribution in [1.29, 1.82) is 0 Å². The highest BCUT2D eigenvalue weighted by Crippen LogP contribution is 2.28. The number of nitrogens with zero attached hydrogens (tertiary/aromatic N) is 2. The first-order chi connectivity index (χ1) is 9.72. The molecule has 0 bridgehead atoms. The minimum Gasteiger partial charge on any atom is -0.370 e. The van der Waals surface area contributed by atoms with Crippen LogP contribution in [0.4, 0.5) is 24.8 Å². The van der Waals surface area contributed by atoms with E-state index in [9.17, 15) is 17.4 Å². The fourth-order valence-corrected chi connectivity index (χ4v) is 2.43. The molecule has 0 saturated carbocycles. The molecular weight excluding hydrogens is 305 g/mol. The molecule has 5 nitrogen and oxygen atoms in total. The van der Waals surface area contributed by atoms with Gasteiger partial charge in [0.05, 0.1) is 0 Å². The Morgan fingerprint density at radius 2 is 1.95 bits per heavy atom. The van der Waals surface area contributed by atoms with E-state index >= 15 is 0 Å². The zero-order valence-corrected chi connectivity index (χ0v) is 12.9. The number of hydrogen-bond donors (Lipinski definition) is 2. The summed E-state index contributed by atoms with van der Waals surface area (Å²) < 4.78 is 49.5. The maximum absolute atomic E-state index is 12.8. The molecular formula is C12H19F3N4OS. The Morgan fingerprint density at radius 3 is 2.48 bits per heavy atom. The van der Waals surface area contributed by atoms with Crippen molar-refractivity contribution in [3.63, 3.8) is 0 Å². The molecule has 2 unspecified atom stereocenters. The van der Waals surface area contributed by atoms with Gasteiger partial charge in [0.15, 0.2) is 0 Å². The molecule has 1 rings (SSSR count). The van der Waals surface area contributed by atoms with Gasteiger partial charge in [0.1, 0.15) is 11.6 Å². The molecule has 0 spiro atoms. The van der Waals surface area contributed by atoms with Crippen molar-refractivity contribution in [2.24, 2.45) is 0 Å². The molecule has 1 aromatic rings. The van der Waals surface area contributed by atoms with Crippen molar-refractivity contribution in [3.8, 4) is 0 Å². The van der Waals surface area contributed by atoms with Crippen molar-refractivity contribution in [2.45, 2.75) is 32.5 Å². The zero-order chi connectivity index (χ0) is 16.0. The minimum atomic E-state index is -4.61. The second-order valence-corrected chi connectivity index (χ2v) is 6.15. The lowest BCUT2D eigenvalue weighted by atomic mass is 10.3. The number of aromatic nitrogens is 2. The maximum Gasteiger partial charge on any atom is 0.451 e. The monoisotopic (exact) mass is 324 g/mol. The molecule has 2 N–H and O–H groups in total. The van der Waals surface area contributed by atoms with Crippen LogP contribution in [-0.4, -0.2) is 38.8 Å². The molecule has 9 heteroatoms. The van der Waals surface area contributed by atoms with Gasteiger partial charge in [-0.2, -0.15) is 13.2 Å². The summed E-state index contributed by atoms with van der Waals surface area (Å²) in [5.74, 6) is -0.695. The van der Waals surface area contributed by atoms with Gasteiger partial charge in [-0.15, -0.1) is 0 Å². The molecule has 0 fully saturated rings. The van der Waals surface area contributed by atoms with Gasteiger partial charge in [0.2, 0.25) is 5.82 Å². The summed E-state index contributed by atoms with van der Waals surface area (Å²) in [5, 5.41) is 5.63. The molecule has 1 aromatic heterocycles. The maximum atomic E-state index is 12.8. The lowest BCUT2D eigenvalue weighted by molar-refractivity contribution is -0.144. The summed E-state index contributed by atoms with van der Waals surface area (Å²) in [6.45, 7) is 4.15. The van der Waals surface area contributed by atoms with E-state index < -0.39 is 22.8 Å². The Hall–Kier alpha value is -1.38. The first-order valence-corrected chi connectivity index (χ1v) is 8.21. The largest absolute Gasteiger partial charge is 0.451 e. The zero-order valence-electron chi connectivity index (χ0n) is 12.1. The third-order valence-corrected chi connectivity index (χ3v) is 3.38. The van der Waals surface area contributed by atoms with Gasteiger partial charge in [0.25, 0.3) is 0 Å². The van der Waals surface area contributed by atoms with E-state index in [4.69, 9.17) is 0 Å². The third-order valence-electron chi connectivity index (χ3n) is 2.41. The van der Waals surface area contributed by atoms with Crippen LogP contribution >= 0.6 is 0 Å². The summed E-state index contributed by atoms with van der Waals surface area (Å²) in [6.07, 6.45) is -2.32. The molecule has 1 heterocycles. The summed E-state index contributed by atoms with van der Waals surface area (Å²) in [7, 11) is -1.05. The van der Waals surface area contributed by atoms with E-state index in [1.165, 1.54) is 12.3 Å². The summed E-state index contributed by atoms with van der Waals surface area (Å²) in [4.78, 5) is 6.94. The Bertz CT molecular complexity index is 496. The van der Waals surface area contributed by atoms with E-state index in [2.05, 4.69) is 20.6 Å². The smallest absolute Gasteiger partial charge is 0.370 e. The highest BCUT2D eigenvalue weighted by molar-refractivity contribution is 7.84. The molecule has 21 heavy (non-hydrogen) atoms. The first-order valence-electron chi connectivity index (χ1n) is 6.49. The van der Waals surface area contributed by atoms with Gasteiger partial charge in [-0.3, -0.25) is 4.21 Å². The minimum absolute atomic E-state index is 0.0638. The van der Waals surface area contributed by atoms with Crippen LogP contribution in [0.25, 0.3) is 0 Å². The SMILES string of the molecule is CCCNc1cc(NC(C)CS(C)=O)nc(C(F)(F)F)n1. The van der Waals surface area contributed by atoms with Crippen molar-refractivity contribution >= 4 is 22.4 Å². The number of alkyl halides is 3. The van der Waals surface area contributed by atoms with E-state index in [0.717, 1.165) is 6.42 Å². The van der Waals surface area contributed by atoms with Crippen molar-refractivity contribution in [2.75, 3.05) is 29.2 Å². The molecule has 0 saturated heterocycles. The van der Waals surface area contributed by atoms with Gasteiger partial charge in [-0.25, -0.2) is 9.97 Å². The second kappa shape index (κ2) is 7.58. The number of anilines is 2. The van der Waals surface area contributed by atoms with Crippen LogP contribution in [0.2, 0.25) is 0 Å². The van der Waals surface area contributed by atoms with Crippen LogP contribution in [0.5, 0.6) is 0 Å². The van der Waals surface area contributed by atoms with Gasteiger partial charge < -0.3 is 10.6 Å². The molecule has 0 aliphatic carbocycles. The topological polar surface area (TPSA) is 66.9 Å². The standard InChI is InChI=1S/C12H19F3N4OS/c1-4-5-16-9-6-10(17-8(2)7-21(3)20)19-11(18-9)12(13,14)15/h6,8H,4-5,7H2,1-3H3,(H2,16,17,18,19). The number of rotatable bonds is 7. The van der Waals surface area contributed by atoms with Crippen LogP contribution in [0, 0.1) is 0 Å². The molecule has 0 aliphatic rings. The van der Waals surface area contributed by atoms with Crippen molar-refractivity contribution in [1.82, 2.24) is 9.97 Å². The highest BCUT2D eigenvalue weighted by atomic mass is 32.2. The molecule has 0 amide bonds. The first kappa shape index (κ1) is 17.7. The molecule has 0 aliphatic heterocycles. The van der Waals surface area contributed by atoms with E-state index in [1.54, 1.807) is 6.92 Å². The predicted octanol–water partition coefficient (Wildman–Crippen LogP) is 2.50. The predicted molar refractivity (Wildman–Crippen MR) is 77.8 cm³/mol. The molecule has 120 valence electrons. The Labute approximate surface area is 124 Å². The van der Waals surface area contributed by atoms with Gasteiger partial charge in [-0.1, -0.05) is 6.92 Å². The number of nitrogens with one attached hydrogen (secondary N) is 2. The van der Waals surface area contributed by atoms with E-state index in [0.29, 0.717) is 12.3 Å². The van der Waals surface area contributed by atoms with Gasteiger partial charge in [-0.05, 0) is 13.3 Å². The number of halogens is 3. The Balaban J connectivity index is 2.98. The van der Waals surface area contributed by atoms with Crippen LogP contribution in [0.1, 0.15) is 26.1 Å². The van der Waals surface area contributed by atoms with Gasteiger partial charge >= 0.3 is 6.18 Å².